The van der Waals surface area contributed by atoms with E-state index in [9.17, 15) is 14.0 Å². The van der Waals surface area contributed by atoms with E-state index in [0.717, 1.165) is 11.3 Å². The van der Waals surface area contributed by atoms with Crippen molar-refractivity contribution < 1.29 is 18.7 Å². The summed E-state index contributed by atoms with van der Waals surface area (Å²) in [6.45, 7) is 0.715. The fraction of sp³-hybridized carbons (Fsp3) is 0.333. The Bertz CT molecular complexity index is 825. The molecule has 0 saturated heterocycles. The largest absolute Gasteiger partial charge is 0.496 e. The van der Waals surface area contributed by atoms with Crippen molar-refractivity contribution >= 4 is 11.8 Å². The van der Waals surface area contributed by atoms with Gasteiger partial charge in [0.15, 0.2) is 0 Å². The fourth-order valence-corrected chi connectivity index (χ4v) is 3.09. The Kier molecular flexibility index (Phi) is 6.06. The first-order valence-electron chi connectivity index (χ1n) is 9.01. The summed E-state index contributed by atoms with van der Waals surface area (Å²) >= 11 is 0. The van der Waals surface area contributed by atoms with Crippen molar-refractivity contribution in [1.29, 1.82) is 0 Å². The maximum absolute atomic E-state index is 13.6. The van der Waals surface area contributed by atoms with Crippen LogP contribution in [0.1, 0.15) is 17.5 Å². The highest BCUT2D eigenvalue weighted by atomic mass is 19.1. The number of carbonyl (C=O) groups is 2. The van der Waals surface area contributed by atoms with E-state index < -0.39 is 0 Å². The van der Waals surface area contributed by atoms with E-state index in [0.29, 0.717) is 31.5 Å². The smallest absolute Gasteiger partial charge is 0.224 e. The molecule has 2 aromatic rings. The summed E-state index contributed by atoms with van der Waals surface area (Å²) in [5.74, 6) is -0.432. The number of hydrogen-bond acceptors (Lipinski definition) is 3. The molecule has 0 bridgehead atoms. The van der Waals surface area contributed by atoms with Crippen molar-refractivity contribution in [1.82, 2.24) is 10.6 Å². The number of amides is 2. The molecule has 1 saturated carbocycles. The summed E-state index contributed by atoms with van der Waals surface area (Å²) in [7, 11) is 1.59. The molecular formula is C21H23FN2O3. The first-order valence-corrected chi connectivity index (χ1v) is 9.01. The Balaban J connectivity index is 1.41. The number of benzene rings is 2. The zero-order valence-electron chi connectivity index (χ0n) is 15.2. The van der Waals surface area contributed by atoms with E-state index in [2.05, 4.69) is 10.6 Å². The van der Waals surface area contributed by atoms with Gasteiger partial charge in [-0.2, -0.15) is 0 Å². The average molecular weight is 370 g/mol. The molecule has 142 valence electrons. The summed E-state index contributed by atoms with van der Waals surface area (Å²) in [4.78, 5) is 24.4. The predicted molar refractivity (Wildman–Crippen MR) is 99.6 cm³/mol. The third-order valence-corrected chi connectivity index (χ3v) is 4.76. The highest BCUT2D eigenvalue weighted by Gasteiger charge is 2.47. The average Bonchev–Trinajstić information content (AvgIpc) is 3.49. The second-order valence-corrected chi connectivity index (χ2v) is 6.61. The zero-order chi connectivity index (χ0) is 19.2. The molecule has 2 unspecified atom stereocenters. The Morgan fingerprint density at radius 2 is 1.63 bits per heavy atom. The minimum atomic E-state index is -0.303. The monoisotopic (exact) mass is 370 g/mol. The lowest BCUT2D eigenvalue weighted by atomic mass is 10.1. The molecule has 2 amide bonds. The summed E-state index contributed by atoms with van der Waals surface area (Å²) in [5, 5.41) is 5.65. The van der Waals surface area contributed by atoms with Crippen LogP contribution >= 0.6 is 0 Å². The Labute approximate surface area is 157 Å². The van der Waals surface area contributed by atoms with E-state index in [4.69, 9.17) is 4.74 Å². The molecule has 0 aliphatic heterocycles. The summed E-state index contributed by atoms with van der Waals surface area (Å²) in [5.41, 5.74) is 1.46. The van der Waals surface area contributed by atoms with Crippen LogP contribution in [0.4, 0.5) is 4.39 Å². The zero-order valence-corrected chi connectivity index (χ0v) is 15.2. The second-order valence-electron chi connectivity index (χ2n) is 6.61. The van der Waals surface area contributed by atoms with Gasteiger partial charge < -0.3 is 15.4 Å². The van der Waals surface area contributed by atoms with Crippen molar-refractivity contribution in [2.75, 3.05) is 13.7 Å². The SMILES string of the molecule is COc1ccccc1CNC(=O)C1CC1C(=O)NCCc1ccccc1F. The van der Waals surface area contributed by atoms with Crippen LogP contribution in [0, 0.1) is 17.7 Å². The molecule has 0 radical (unpaired) electrons. The lowest BCUT2D eigenvalue weighted by Crippen LogP contribution is -2.31. The van der Waals surface area contributed by atoms with Crippen molar-refractivity contribution in [2.24, 2.45) is 11.8 Å². The quantitative estimate of drug-likeness (QED) is 0.750. The van der Waals surface area contributed by atoms with Crippen LogP contribution in [0.2, 0.25) is 0 Å². The van der Waals surface area contributed by atoms with Crippen molar-refractivity contribution in [3.8, 4) is 5.75 Å². The molecule has 5 nitrogen and oxygen atoms in total. The first-order chi connectivity index (χ1) is 13.1. The van der Waals surface area contributed by atoms with E-state index in [1.165, 1.54) is 6.07 Å². The molecule has 0 spiro atoms. The molecule has 3 rings (SSSR count). The fourth-order valence-electron chi connectivity index (χ4n) is 3.09. The minimum Gasteiger partial charge on any atom is -0.496 e. The number of rotatable bonds is 8. The lowest BCUT2D eigenvalue weighted by molar-refractivity contribution is -0.127. The van der Waals surface area contributed by atoms with Gasteiger partial charge in [-0.1, -0.05) is 36.4 Å². The third kappa shape index (κ3) is 4.84. The molecular weight excluding hydrogens is 347 g/mol. The number of carbonyl (C=O) groups excluding carboxylic acids is 2. The Morgan fingerprint density at radius 1 is 1.00 bits per heavy atom. The topological polar surface area (TPSA) is 67.4 Å². The number of para-hydroxylation sites is 1. The van der Waals surface area contributed by atoms with Crippen LogP contribution in [-0.2, 0) is 22.6 Å². The van der Waals surface area contributed by atoms with Crippen LogP contribution in [0.15, 0.2) is 48.5 Å². The van der Waals surface area contributed by atoms with Gasteiger partial charge in [-0.3, -0.25) is 9.59 Å². The van der Waals surface area contributed by atoms with Crippen molar-refractivity contribution in [3.63, 3.8) is 0 Å². The molecule has 2 aromatic carbocycles. The molecule has 0 aromatic heterocycles. The van der Waals surface area contributed by atoms with E-state index in [1.54, 1.807) is 25.3 Å². The number of ether oxygens (including phenoxy) is 1. The predicted octanol–water partition coefficient (Wildman–Crippen LogP) is 2.45. The van der Waals surface area contributed by atoms with Crippen LogP contribution < -0.4 is 15.4 Å². The van der Waals surface area contributed by atoms with Gasteiger partial charge in [0.25, 0.3) is 0 Å². The molecule has 1 aliphatic carbocycles. The first kappa shape index (κ1) is 18.9. The Morgan fingerprint density at radius 3 is 2.33 bits per heavy atom. The normalized spacial score (nSPS) is 17.9. The van der Waals surface area contributed by atoms with E-state index >= 15 is 0 Å². The van der Waals surface area contributed by atoms with E-state index in [-0.39, 0.29) is 29.5 Å². The summed E-state index contributed by atoms with van der Waals surface area (Å²) < 4.78 is 18.8. The summed E-state index contributed by atoms with van der Waals surface area (Å²) in [6.07, 6.45) is 0.971. The highest BCUT2D eigenvalue weighted by Crippen LogP contribution is 2.38. The second kappa shape index (κ2) is 8.66. The molecule has 6 heteroatoms. The number of methoxy groups -OCH3 is 1. The highest BCUT2D eigenvalue weighted by molar-refractivity contribution is 5.92. The van der Waals surface area contributed by atoms with Gasteiger partial charge >= 0.3 is 0 Å². The van der Waals surface area contributed by atoms with Gasteiger partial charge in [-0.25, -0.2) is 4.39 Å². The molecule has 2 atom stereocenters. The van der Waals surface area contributed by atoms with Crippen molar-refractivity contribution in [3.05, 3.63) is 65.5 Å². The lowest BCUT2D eigenvalue weighted by Gasteiger charge is -2.09. The number of nitrogens with one attached hydrogen (secondary N) is 2. The Hall–Kier alpha value is -2.89. The van der Waals surface area contributed by atoms with Gasteiger partial charge in [0, 0.05) is 18.7 Å². The maximum Gasteiger partial charge on any atom is 0.224 e. The molecule has 2 N–H and O–H groups in total. The van der Waals surface area contributed by atoms with Crippen LogP contribution in [0.3, 0.4) is 0 Å². The molecule has 27 heavy (non-hydrogen) atoms. The van der Waals surface area contributed by atoms with Crippen LogP contribution in [0.5, 0.6) is 5.75 Å². The van der Waals surface area contributed by atoms with Gasteiger partial charge in [0.2, 0.25) is 11.8 Å². The van der Waals surface area contributed by atoms with Gasteiger partial charge in [0.05, 0.1) is 18.9 Å². The van der Waals surface area contributed by atoms with Gasteiger partial charge in [0.1, 0.15) is 11.6 Å². The maximum atomic E-state index is 13.6. The van der Waals surface area contributed by atoms with Crippen LogP contribution in [-0.4, -0.2) is 25.5 Å². The number of hydrogen-bond donors (Lipinski definition) is 2. The molecule has 0 heterocycles. The third-order valence-electron chi connectivity index (χ3n) is 4.76. The molecule has 1 aliphatic rings. The number of halogens is 1. The summed E-state index contributed by atoms with van der Waals surface area (Å²) in [6, 6.07) is 14.0. The van der Waals surface area contributed by atoms with E-state index in [1.807, 2.05) is 24.3 Å². The van der Waals surface area contributed by atoms with Crippen molar-refractivity contribution in [2.45, 2.75) is 19.4 Å². The molecule has 1 fully saturated rings. The standard InChI is InChI=1S/C21H23FN2O3/c1-27-19-9-5-3-7-15(19)13-24-21(26)17-12-16(17)20(25)23-11-10-14-6-2-4-8-18(14)22/h2-9,16-17H,10-13H2,1H3,(H,23,25)(H,24,26). The van der Waals surface area contributed by atoms with Gasteiger partial charge in [-0.15, -0.1) is 0 Å². The minimum absolute atomic E-state index is 0.129. The van der Waals surface area contributed by atoms with Crippen LogP contribution in [0.25, 0.3) is 0 Å². The van der Waals surface area contributed by atoms with Gasteiger partial charge in [-0.05, 0) is 30.5 Å².